The number of carbonyl (C=O) groups excluding carboxylic acids is 2. The van der Waals surface area contributed by atoms with Crippen molar-refractivity contribution < 1.29 is 19.1 Å². The number of hydrogen-bond donors (Lipinski definition) is 1. The number of amides is 2. The number of methoxy groups -OCH3 is 1. The summed E-state index contributed by atoms with van der Waals surface area (Å²) in [5.41, 5.74) is 1.90. The molecule has 6 rings (SSSR count). The fraction of sp³-hybridized carbons (Fsp3) is 0.389. The first-order valence-electron chi connectivity index (χ1n) is 15.5. The van der Waals surface area contributed by atoms with Gasteiger partial charge in [-0.1, -0.05) is 68.1 Å². The van der Waals surface area contributed by atoms with E-state index in [1.54, 1.807) is 12.0 Å². The molecule has 1 atom stereocenters. The van der Waals surface area contributed by atoms with E-state index in [1.165, 1.54) is 12.8 Å². The maximum Gasteiger partial charge on any atom is 0.272 e. The van der Waals surface area contributed by atoms with Crippen molar-refractivity contribution in [2.75, 3.05) is 7.11 Å². The highest BCUT2D eigenvalue weighted by Gasteiger charge is 2.52. The molecule has 1 aliphatic carbocycles. The predicted molar refractivity (Wildman–Crippen MR) is 168 cm³/mol. The average molecular weight is 580 g/mol. The molecule has 0 spiro atoms. The van der Waals surface area contributed by atoms with E-state index in [-0.39, 0.29) is 30.5 Å². The van der Waals surface area contributed by atoms with Crippen LogP contribution < -0.4 is 14.8 Å². The van der Waals surface area contributed by atoms with Crippen molar-refractivity contribution in [2.45, 2.75) is 83.1 Å². The molecule has 0 radical (unpaired) electrons. The molecule has 1 N–H and O–H groups in total. The fourth-order valence-corrected chi connectivity index (χ4v) is 6.68. The largest absolute Gasteiger partial charge is 0.497 e. The first kappa shape index (κ1) is 28.8. The van der Waals surface area contributed by atoms with Crippen molar-refractivity contribution in [1.29, 1.82) is 0 Å². The molecule has 0 bridgehead atoms. The van der Waals surface area contributed by atoms with Crippen LogP contribution in [0.4, 0.5) is 0 Å². The zero-order chi connectivity index (χ0) is 30.0. The van der Waals surface area contributed by atoms with E-state index in [9.17, 15) is 9.59 Å². The Morgan fingerprint density at radius 2 is 1.63 bits per heavy atom. The molecular weight excluding hydrogens is 538 g/mol. The van der Waals surface area contributed by atoms with Gasteiger partial charge in [0.1, 0.15) is 17.2 Å². The molecule has 2 amide bonds. The number of nitrogens with one attached hydrogen (secondary N) is 1. The van der Waals surface area contributed by atoms with E-state index < -0.39 is 5.54 Å². The van der Waals surface area contributed by atoms with Gasteiger partial charge < -0.3 is 24.3 Å². The van der Waals surface area contributed by atoms with E-state index in [4.69, 9.17) is 9.47 Å². The molecule has 1 fully saturated rings. The van der Waals surface area contributed by atoms with Gasteiger partial charge >= 0.3 is 0 Å². The summed E-state index contributed by atoms with van der Waals surface area (Å²) < 4.78 is 13.4. The molecular formula is C36H41N3O4. The molecule has 1 aromatic heterocycles. The summed E-state index contributed by atoms with van der Waals surface area (Å²) in [5.74, 6) is 1.18. The molecule has 2 aliphatic rings. The summed E-state index contributed by atoms with van der Waals surface area (Å²) in [7, 11) is 1.64. The lowest BCUT2D eigenvalue weighted by atomic mass is 9.83. The monoisotopic (exact) mass is 579 g/mol. The number of fused-ring (bicyclic) bond motifs is 3. The van der Waals surface area contributed by atoms with Gasteiger partial charge in [0.2, 0.25) is 0 Å². The van der Waals surface area contributed by atoms with Crippen LogP contribution in [0.2, 0.25) is 0 Å². The SMILES string of the molecule is COc1ccc2cc3n(c2c1)C[C@@](C(=O)NC1CCCCCC1)(c1ccccc1)N(Cc1ccc(OC(C)C)cc1)C3=O. The molecule has 1 saturated carbocycles. The Morgan fingerprint density at radius 1 is 0.930 bits per heavy atom. The zero-order valence-electron chi connectivity index (χ0n) is 25.3. The second-order valence-corrected chi connectivity index (χ2v) is 12.1. The summed E-state index contributed by atoms with van der Waals surface area (Å²) >= 11 is 0. The fourth-order valence-electron chi connectivity index (χ4n) is 6.68. The molecule has 3 aromatic carbocycles. The lowest BCUT2D eigenvalue weighted by Gasteiger charge is -2.47. The third-order valence-electron chi connectivity index (χ3n) is 8.88. The molecule has 1 aliphatic heterocycles. The van der Waals surface area contributed by atoms with Gasteiger partial charge in [-0.2, -0.15) is 0 Å². The summed E-state index contributed by atoms with van der Waals surface area (Å²) in [6.07, 6.45) is 6.56. The highest BCUT2D eigenvalue weighted by atomic mass is 16.5. The Bertz CT molecular complexity index is 1590. The van der Waals surface area contributed by atoms with Crippen molar-refractivity contribution in [3.8, 4) is 11.5 Å². The van der Waals surface area contributed by atoms with Gasteiger partial charge in [0.25, 0.3) is 11.8 Å². The maximum absolute atomic E-state index is 14.9. The van der Waals surface area contributed by atoms with Gasteiger partial charge in [-0.15, -0.1) is 0 Å². The molecule has 7 nitrogen and oxygen atoms in total. The highest BCUT2D eigenvalue weighted by molar-refractivity contribution is 6.04. The minimum Gasteiger partial charge on any atom is -0.497 e. The Kier molecular flexibility index (Phi) is 8.15. The first-order chi connectivity index (χ1) is 20.9. The predicted octanol–water partition coefficient (Wildman–Crippen LogP) is 6.83. The van der Waals surface area contributed by atoms with Crippen molar-refractivity contribution >= 4 is 22.7 Å². The van der Waals surface area contributed by atoms with Crippen molar-refractivity contribution in [3.05, 3.63) is 95.7 Å². The highest BCUT2D eigenvalue weighted by Crippen LogP contribution is 2.41. The van der Waals surface area contributed by atoms with Gasteiger partial charge in [0.15, 0.2) is 5.54 Å². The number of carbonyl (C=O) groups is 2. The molecule has 43 heavy (non-hydrogen) atoms. The quantitative estimate of drug-likeness (QED) is 0.232. The minimum atomic E-state index is -1.26. The zero-order valence-corrected chi connectivity index (χ0v) is 25.3. The van der Waals surface area contributed by atoms with Gasteiger partial charge in [-0.25, -0.2) is 0 Å². The van der Waals surface area contributed by atoms with Crippen molar-refractivity contribution in [3.63, 3.8) is 0 Å². The third-order valence-corrected chi connectivity index (χ3v) is 8.88. The van der Waals surface area contributed by atoms with Gasteiger partial charge in [-0.3, -0.25) is 9.59 Å². The number of rotatable bonds is 8. The second kappa shape index (κ2) is 12.2. The van der Waals surface area contributed by atoms with E-state index in [0.29, 0.717) is 18.0 Å². The van der Waals surface area contributed by atoms with Crippen LogP contribution in [-0.4, -0.2) is 40.5 Å². The summed E-state index contributed by atoms with van der Waals surface area (Å²) in [4.78, 5) is 31.3. The van der Waals surface area contributed by atoms with Gasteiger partial charge in [0, 0.05) is 24.0 Å². The van der Waals surface area contributed by atoms with Crippen molar-refractivity contribution in [1.82, 2.24) is 14.8 Å². The number of ether oxygens (including phenoxy) is 2. The average Bonchev–Trinajstić information content (AvgIpc) is 3.17. The Balaban J connectivity index is 1.49. The van der Waals surface area contributed by atoms with E-state index in [1.807, 2.05) is 97.3 Å². The van der Waals surface area contributed by atoms with Crippen LogP contribution >= 0.6 is 0 Å². The van der Waals surface area contributed by atoms with Gasteiger partial charge in [-0.05, 0) is 68.1 Å². The minimum absolute atomic E-state index is 0.0634. The Hall–Kier alpha value is -4.26. The standard InChI is InChI=1S/C36H41N3O4/c1-25(2)43-30-18-15-26(16-19-30)23-39-34(40)33-21-27-17-20-31(42-3)22-32(27)38(33)24-36(39,28-11-7-6-8-12-28)35(41)37-29-13-9-4-5-10-14-29/h6-8,11-12,15-22,25,29H,4-5,9-10,13-14,23-24H2,1-3H3,(H,37,41)/t36-/m0/s1. The van der Waals surface area contributed by atoms with Gasteiger partial charge in [0.05, 0.1) is 25.3 Å². The van der Waals surface area contributed by atoms with Crippen molar-refractivity contribution in [2.24, 2.45) is 0 Å². The van der Waals surface area contributed by atoms with Crippen LogP contribution in [0.5, 0.6) is 11.5 Å². The van der Waals surface area contributed by atoms with Crippen LogP contribution in [0, 0.1) is 0 Å². The van der Waals surface area contributed by atoms with Crippen LogP contribution in [0.3, 0.4) is 0 Å². The number of hydrogen-bond acceptors (Lipinski definition) is 4. The lowest BCUT2D eigenvalue weighted by Crippen LogP contribution is -2.63. The summed E-state index contributed by atoms with van der Waals surface area (Å²) in [5, 5.41) is 4.38. The normalized spacial score (nSPS) is 19.3. The summed E-state index contributed by atoms with van der Waals surface area (Å²) in [6, 6.07) is 25.5. The van der Waals surface area contributed by atoms with E-state index >= 15 is 0 Å². The smallest absolute Gasteiger partial charge is 0.272 e. The Labute approximate surface area is 253 Å². The van der Waals surface area contributed by atoms with E-state index in [2.05, 4.69) is 5.32 Å². The number of nitrogens with zero attached hydrogens (tertiary/aromatic N) is 2. The summed E-state index contributed by atoms with van der Waals surface area (Å²) in [6.45, 7) is 4.56. The van der Waals surface area contributed by atoms with Crippen LogP contribution in [0.1, 0.15) is 74.0 Å². The Morgan fingerprint density at radius 3 is 2.30 bits per heavy atom. The maximum atomic E-state index is 14.9. The van der Waals surface area contributed by atoms with Crippen LogP contribution in [-0.2, 0) is 23.4 Å². The lowest BCUT2D eigenvalue weighted by molar-refractivity contribution is -0.136. The number of benzene rings is 3. The molecule has 2 heterocycles. The second-order valence-electron chi connectivity index (χ2n) is 12.1. The topological polar surface area (TPSA) is 72.8 Å². The molecule has 7 heteroatoms. The number of aromatic nitrogens is 1. The molecule has 224 valence electrons. The van der Waals surface area contributed by atoms with E-state index in [0.717, 1.165) is 53.5 Å². The van der Waals surface area contributed by atoms with Crippen LogP contribution in [0.25, 0.3) is 10.9 Å². The molecule has 0 unspecified atom stereocenters. The molecule has 4 aromatic rings. The molecule has 0 saturated heterocycles. The van der Waals surface area contributed by atoms with Crippen LogP contribution in [0.15, 0.2) is 78.9 Å². The third kappa shape index (κ3) is 5.61. The first-order valence-corrected chi connectivity index (χ1v) is 15.5.